The van der Waals surface area contributed by atoms with Gasteiger partial charge in [0.05, 0.1) is 0 Å². The van der Waals surface area contributed by atoms with Crippen LogP contribution in [0.4, 0.5) is 0 Å². The molecule has 0 aromatic heterocycles. The summed E-state index contributed by atoms with van der Waals surface area (Å²) in [6, 6.07) is 16.4. The zero-order chi connectivity index (χ0) is 14.5. The average Bonchev–Trinajstić information content (AvgIpc) is 2.44. The minimum absolute atomic E-state index is 0.0727. The molecule has 0 amide bonds. The van der Waals surface area contributed by atoms with Crippen molar-refractivity contribution >= 4 is 29.3 Å². The van der Waals surface area contributed by atoms with Crippen LogP contribution in [0.15, 0.2) is 48.0 Å². The number of allylic oxidation sites excluding steroid dienone is 1. The SMILES string of the molecule is N#CC(C#N)=Cc1ccc(-c2cc(Cl)cc(Cl)c2)cc1. The largest absolute Gasteiger partial charge is 0.192 e. The van der Waals surface area contributed by atoms with Crippen LogP contribution in [0.25, 0.3) is 17.2 Å². The molecular formula is C16H8Cl2N2. The van der Waals surface area contributed by atoms with E-state index in [1.807, 2.05) is 48.5 Å². The number of hydrogen-bond acceptors (Lipinski definition) is 2. The number of benzene rings is 2. The summed E-state index contributed by atoms with van der Waals surface area (Å²) in [6.07, 6.45) is 1.54. The Morgan fingerprint density at radius 1 is 0.850 bits per heavy atom. The highest BCUT2D eigenvalue weighted by atomic mass is 35.5. The van der Waals surface area contributed by atoms with Crippen molar-refractivity contribution in [3.8, 4) is 23.3 Å². The first-order chi connectivity index (χ1) is 9.62. The number of hydrogen-bond donors (Lipinski definition) is 0. The Balaban J connectivity index is 2.36. The Kier molecular flexibility index (Phi) is 4.43. The van der Waals surface area contributed by atoms with E-state index < -0.39 is 0 Å². The van der Waals surface area contributed by atoms with Gasteiger partial charge in [0.25, 0.3) is 0 Å². The van der Waals surface area contributed by atoms with E-state index in [9.17, 15) is 0 Å². The topological polar surface area (TPSA) is 47.6 Å². The normalized spacial score (nSPS) is 9.40. The molecule has 0 aliphatic heterocycles. The van der Waals surface area contributed by atoms with Crippen LogP contribution in [0.2, 0.25) is 10.0 Å². The molecule has 0 aliphatic carbocycles. The van der Waals surface area contributed by atoms with Crippen molar-refractivity contribution in [2.45, 2.75) is 0 Å². The van der Waals surface area contributed by atoms with Crippen molar-refractivity contribution in [3.63, 3.8) is 0 Å². The number of nitriles is 2. The molecule has 2 aromatic rings. The van der Waals surface area contributed by atoms with Gasteiger partial charge in [-0.1, -0.05) is 47.5 Å². The zero-order valence-corrected chi connectivity index (χ0v) is 11.8. The van der Waals surface area contributed by atoms with Crippen LogP contribution < -0.4 is 0 Å². The van der Waals surface area contributed by atoms with Gasteiger partial charge in [0.1, 0.15) is 17.7 Å². The van der Waals surface area contributed by atoms with E-state index in [2.05, 4.69) is 0 Å². The summed E-state index contributed by atoms with van der Waals surface area (Å²) in [7, 11) is 0. The highest BCUT2D eigenvalue weighted by Gasteiger charge is 2.02. The van der Waals surface area contributed by atoms with E-state index in [0.29, 0.717) is 10.0 Å². The summed E-state index contributed by atoms with van der Waals surface area (Å²) in [4.78, 5) is 0. The van der Waals surface area contributed by atoms with E-state index in [1.165, 1.54) is 6.08 Å². The molecule has 4 heteroatoms. The lowest BCUT2D eigenvalue weighted by atomic mass is 10.0. The Morgan fingerprint density at radius 2 is 1.40 bits per heavy atom. The lowest BCUT2D eigenvalue weighted by molar-refractivity contribution is 1.47. The van der Waals surface area contributed by atoms with Crippen LogP contribution in [0.1, 0.15) is 5.56 Å². The zero-order valence-electron chi connectivity index (χ0n) is 10.3. The minimum atomic E-state index is 0.0727. The molecule has 20 heavy (non-hydrogen) atoms. The van der Waals surface area contributed by atoms with Gasteiger partial charge in [-0.3, -0.25) is 0 Å². The third-order valence-electron chi connectivity index (χ3n) is 2.66. The third kappa shape index (κ3) is 3.39. The van der Waals surface area contributed by atoms with Crippen molar-refractivity contribution < 1.29 is 0 Å². The molecule has 0 saturated carbocycles. The van der Waals surface area contributed by atoms with Crippen LogP contribution in [0.3, 0.4) is 0 Å². The van der Waals surface area contributed by atoms with E-state index in [0.717, 1.165) is 16.7 Å². The predicted octanol–water partition coefficient (Wildman–Crippen LogP) is 5.09. The molecule has 2 rings (SSSR count). The van der Waals surface area contributed by atoms with Gasteiger partial charge >= 0.3 is 0 Å². The maximum atomic E-state index is 8.71. The first kappa shape index (κ1) is 14.2. The number of halogens is 2. The minimum Gasteiger partial charge on any atom is -0.192 e. The maximum Gasteiger partial charge on any atom is 0.130 e. The van der Waals surface area contributed by atoms with Crippen LogP contribution in [-0.2, 0) is 0 Å². The summed E-state index contributed by atoms with van der Waals surface area (Å²) in [5, 5.41) is 18.6. The second-order valence-electron chi connectivity index (χ2n) is 4.06. The molecule has 0 N–H and O–H groups in total. The van der Waals surface area contributed by atoms with Gasteiger partial charge in [-0.2, -0.15) is 10.5 Å². The molecule has 0 bridgehead atoms. The molecule has 0 atom stereocenters. The lowest BCUT2D eigenvalue weighted by Gasteiger charge is -2.04. The van der Waals surface area contributed by atoms with Gasteiger partial charge in [0, 0.05) is 10.0 Å². The highest BCUT2D eigenvalue weighted by Crippen LogP contribution is 2.27. The molecule has 0 aliphatic rings. The monoisotopic (exact) mass is 298 g/mol. The molecular weight excluding hydrogens is 291 g/mol. The van der Waals surface area contributed by atoms with Gasteiger partial charge in [-0.05, 0) is 41.0 Å². The fraction of sp³-hybridized carbons (Fsp3) is 0. The summed E-state index contributed by atoms with van der Waals surface area (Å²) < 4.78 is 0. The predicted molar refractivity (Wildman–Crippen MR) is 81.1 cm³/mol. The van der Waals surface area contributed by atoms with Crippen LogP contribution >= 0.6 is 23.2 Å². The third-order valence-corrected chi connectivity index (χ3v) is 3.09. The fourth-order valence-corrected chi connectivity index (χ4v) is 2.27. The summed E-state index contributed by atoms with van der Waals surface area (Å²) in [5.41, 5.74) is 2.74. The smallest absolute Gasteiger partial charge is 0.130 e. The van der Waals surface area contributed by atoms with Crippen LogP contribution in [-0.4, -0.2) is 0 Å². The van der Waals surface area contributed by atoms with Crippen LogP contribution in [0.5, 0.6) is 0 Å². The molecule has 96 valence electrons. The molecule has 2 aromatic carbocycles. The lowest BCUT2D eigenvalue weighted by Crippen LogP contribution is -1.80. The van der Waals surface area contributed by atoms with E-state index in [1.54, 1.807) is 6.07 Å². The second-order valence-corrected chi connectivity index (χ2v) is 4.93. The maximum absolute atomic E-state index is 8.71. The van der Waals surface area contributed by atoms with Gasteiger partial charge in [0.15, 0.2) is 0 Å². The molecule has 0 saturated heterocycles. The molecule has 2 nitrogen and oxygen atoms in total. The number of nitrogens with zero attached hydrogens (tertiary/aromatic N) is 2. The van der Waals surface area contributed by atoms with E-state index in [-0.39, 0.29) is 5.57 Å². The number of rotatable bonds is 2. The van der Waals surface area contributed by atoms with Crippen molar-refractivity contribution in [2.24, 2.45) is 0 Å². The van der Waals surface area contributed by atoms with Gasteiger partial charge in [-0.15, -0.1) is 0 Å². The van der Waals surface area contributed by atoms with Crippen molar-refractivity contribution in [1.29, 1.82) is 10.5 Å². The Bertz CT molecular complexity index is 711. The van der Waals surface area contributed by atoms with E-state index >= 15 is 0 Å². The Morgan fingerprint density at radius 3 is 1.90 bits per heavy atom. The quantitative estimate of drug-likeness (QED) is 0.725. The summed E-state index contributed by atoms with van der Waals surface area (Å²) >= 11 is 11.9. The molecule has 0 heterocycles. The van der Waals surface area contributed by atoms with Crippen molar-refractivity contribution in [1.82, 2.24) is 0 Å². The second kappa shape index (κ2) is 6.26. The Hall–Kier alpha value is -2.26. The van der Waals surface area contributed by atoms with Crippen molar-refractivity contribution in [3.05, 3.63) is 63.6 Å². The first-order valence-electron chi connectivity index (χ1n) is 5.71. The highest BCUT2D eigenvalue weighted by molar-refractivity contribution is 6.35. The van der Waals surface area contributed by atoms with Crippen LogP contribution in [0, 0.1) is 22.7 Å². The fourth-order valence-electron chi connectivity index (χ4n) is 1.75. The molecule has 0 radical (unpaired) electrons. The molecule has 0 unspecified atom stereocenters. The summed E-state index contributed by atoms with van der Waals surface area (Å²) in [6.45, 7) is 0. The van der Waals surface area contributed by atoms with Gasteiger partial charge in [-0.25, -0.2) is 0 Å². The molecule has 0 fully saturated rings. The van der Waals surface area contributed by atoms with E-state index in [4.69, 9.17) is 33.7 Å². The van der Waals surface area contributed by atoms with Crippen molar-refractivity contribution in [2.75, 3.05) is 0 Å². The first-order valence-corrected chi connectivity index (χ1v) is 6.46. The van der Waals surface area contributed by atoms with Gasteiger partial charge in [0.2, 0.25) is 0 Å². The van der Waals surface area contributed by atoms with Gasteiger partial charge < -0.3 is 0 Å². The standard InChI is InChI=1S/C16H8Cl2N2/c17-15-6-14(7-16(18)8-15)13-3-1-11(2-4-13)5-12(9-19)10-20/h1-8H. The summed E-state index contributed by atoms with van der Waals surface area (Å²) in [5.74, 6) is 0. The Labute approximate surface area is 127 Å². The molecule has 0 spiro atoms. The average molecular weight is 299 g/mol.